The van der Waals surface area contributed by atoms with E-state index in [1.807, 2.05) is 0 Å². The van der Waals surface area contributed by atoms with Gasteiger partial charge in [0.15, 0.2) is 5.79 Å². The first-order valence-electron chi connectivity index (χ1n) is 9.63. The number of carboxylic acid groups (broad SMARTS) is 2. The van der Waals surface area contributed by atoms with E-state index in [0.29, 0.717) is 0 Å². The van der Waals surface area contributed by atoms with Crippen molar-refractivity contribution < 1.29 is 46.9 Å². The molecule has 186 valence electrons. The molecule has 0 aliphatic heterocycles. The molecule has 0 aliphatic rings. The van der Waals surface area contributed by atoms with Crippen LogP contribution in [0, 0.1) is 0 Å². The van der Waals surface area contributed by atoms with Crippen LogP contribution in [0.25, 0.3) is 0 Å². The molecule has 2 rings (SSSR count). The highest BCUT2D eigenvalue weighted by molar-refractivity contribution is 8.14. The van der Waals surface area contributed by atoms with Crippen LogP contribution in [-0.4, -0.2) is 49.2 Å². The molecule has 0 atom stereocenters. The third-order valence-electron chi connectivity index (χ3n) is 5.00. The van der Waals surface area contributed by atoms with Gasteiger partial charge in [-0.2, -0.15) is 0 Å². The van der Waals surface area contributed by atoms with Crippen molar-refractivity contribution in [3.05, 3.63) is 58.7 Å². The zero-order valence-electron chi connectivity index (χ0n) is 17.3. The van der Waals surface area contributed by atoms with E-state index < -0.39 is 58.3 Å². The molecule has 34 heavy (non-hydrogen) atoms. The van der Waals surface area contributed by atoms with Gasteiger partial charge < -0.3 is 20.4 Å². The Bertz CT molecular complexity index is 1320. The van der Waals surface area contributed by atoms with E-state index in [9.17, 15) is 46.9 Å². The SMILES string of the molecule is O=C(O)c1cccc(S(=O)(=O)Cl)c1CCCCCC(O)(O)c1c(C(=O)O)cccc1S(=O)(=O)Cl. The number of benzene rings is 2. The second-order valence-electron chi connectivity index (χ2n) is 7.32. The average molecular weight is 555 g/mol. The van der Waals surface area contributed by atoms with Crippen molar-refractivity contribution >= 4 is 51.4 Å². The van der Waals surface area contributed by atoms with E-state index in [4.69, 9.17) is 21.4 Å². The van der Waals surface area contributed by atoms with Gasteiger partial charge >= 0.3 is 11.9 Å². The van der Waals surface area contributed by atoms with E-state index in [1.54, 1.807) is 0 Å². The first kappa shape index (κ1) is 28.0. The molecule has 0 amide bonds. The summed E-state index contributed by atoms with van der Waals surface area (Å²) in [5.41, 5.74) is -1.67. The zero-order chi connectivity index (χ0) is 25.9. The molecule has 0 unspecified atom stereocenters. The first-order chi connectivity index (χ1) is 15.6. The van der Waals surface area contributed by atoms with Gasteiger partial charge in [0.05, 0.1) is 20.9 Å². The lowest BCUT2D eigenvalue weighted by Gasteiger charge is -2.25. The minimum atomic E-state index is -4.51. The number of carbonyl (C=O) groups is 2. The highest BCUT2D eigenvalue weighted by Gasteiger charge is 2.36. The van der Waals surface area contributed by atoms with Crippen LogP contribution in [0.5, 0.6) is 0 Å². The lowest BCUT2D eigenvalue weighted by atomic mass is 9.93. The molecule has 0 radical (unpaired) electrons. The normalized spacial score (nSPS) is 12.5. The molecule has 4 N–H and O–H groups in total. The molecular weight excluding hydrogens is 535 g/mol. The summed E-state index contributed by atoms with van der Waals surface area (Å²) in [6.45, 7) is 0. The van der Waals surface area contributed by atoms with Crippen LogP contribution in [0.3, 0.4) is 0 Å². The summed E-state index contributed by atoms with van der Waals surface area (Å²) in [6, 6.07) is 6.70. The van der Waals surface area contributed by atoms with E-state index >= 15 is 0 Å². The average Bonchev–Trinajstić information content (AvgIpc) is 2.71. The van der Waals surface area contributed by atoms with Crippen LogP contribution >= 0.6 is 21.4 Å². The van der Waals surface area contributed by atoms with Gasteiger partial charge in [-0.25, -0.2) is 26.4 Å². The topological polar surface area (TPSA) is 183 Å². The third-order valence-corrected chi connectivity index (χ3v) is 7.77. The fraction of sp³-hybridized carbons (Fsp3) is 0.300. The van der Waals surface area contributed by atoms with E-state index in [1.165, 1.54) is 18.2 Å². The number of hydrogen-bond acceptors (Lipinski definition) is 8. The maximum Gasteiger partial charge on any atom is 0.336 e. The number of aromatic carboxylic acids is 2. The van der Waals surface area contributed by atoms with E-state index in [2.05, 4.69) is 0 Å². The summed E-state index contributed by atoms with van der Waals surface area (Å²) in [5, 5.41) is 39.8. The molecule has 0 spiro atoms. The maximum atomic E-state index is 11.9. The molecule has 0 heterocycles. The van der Waals surface area contributed by atoms with E-state index in [-0.39, 0.29) is 41.7 Å². The van der Waals surface area contributed by atoms with Crippen molar-refractivity contribution in [1.29, 1.82) is 0 Å². The predicted octanol–water partition coefficient (Wildman–Crippen LogP) is 2.88. The van der Waals surface area contributed by atoms with Crippen LogP contribution in [0.2, 0.25) is 0 Å². The molecule has 0 saturated carbocycles. The fourth-order valence-corrected chi connectivity index (χ4v) is 5.88. The fourth-order valence-electron chi connectivity index (χ4n) is 3.55. The van der Waals surface area contributed by atoms with Crippen LogP contribution in [0.4, 0.5) is 0 Å². The van der Waals surface area contributed by atoms with Gasteiger partial charge in [-0.1, -0.05) is 18.6 Å². The Morgan fingerprint density at radius 2 is 1.26 bits per heavy atom. The van der Waals surface area contributed by atoms with Crippen LogP contribution in [0.1, 0.15) is 57.5 Å². The summed E-state index contributed by atoms with van der Waals surface area (Å²) in [7, 11) is 2.01. The summed E-state index contributed by atoms with van der Waals surface area (Å²) >= 11 is 0. The Hall–Kier alpha value is -2.22. The van der Waals surface area contributed by atoms with Gasteiger partial charge in [0.2, 0.25) is 0 Å². The number of halogens is 2. The standard InChI is InChI=1S/C20H20Cl2O10S2/c21-33(29,30)15-9-4-7-13(18(23)24)12(15)6-2-1-3-11-20(27,28)17-14(19(25)26)8-5-10-16(17)34(22,31)32/h4-5,7-10,27-28H,1-3,6,11H2,(H,23,24)(H,25,26). The zero-order valence-corrected chi connectivity index (χ0v) is 20.5. The highest BCUT2D eigenvalue weighted by atomic mass is 35.7. The van der Waals surface area contributed by atoms with Gasteiger partial charge in [-0.15, -0.1) is 0 Å². The molecule has 0 bridgehead atoms. The number of carboxylic acids is 2. The Kier molecular flexibility index (Phi) is 8.72. The van der Waals surface area contributed by atoms with Gasteiger partial charge in [0.1, 0.15) is 0 Å². The lowest BCUT2D eigenvalue weighted by molar-refractivity contribution is -0.177. The van der Waals surface area contributed by atoms with E-state index in [0.717, 1.165) is 18.2 Å². The molecule has 0 aliphatic carbocycles. The molecule has 2 aromatic carbocycles. The van der Waals surface area contributed by atoms with Crippen molar-refractivity contribution in [2.24, 2.45) is 0 Å². The van der Waals surface area contributed by atoms with Crippen molar-refractivity contribution in [2.75, 3.05) is 0 Å². The smallest absolute Gasteiger partial charge is 0.336 e. The maximum absolute atomic E-state index is 11.9. The first-order valence-corrected chi connectivity index (χ1v) is 14.3. The number of rotatable bonds is 11. The van der Waals surface area contributed by atoms with Gasteiger partial charge in [-0.3, -0.25) is 0 Å². The molecule has 0 fully saturated rings. The summed E-state index contributed by atoms with van der Waals surface area (Å²) in [6.07, 6.45) is -0.0443. The Morgan fingerprint density at radius 3 is 1.76 bits per heavy atom. The third kappa shape index (κ3) is 6.68. The molecule has 14 heteroatoms. The number of hydrogen-bond donors (Lipinski definition) is 4. The van der Waals surface area contributed by atoms with Crippen molar-refractivity contribution in [3.8, 4) is 0 Å². The Balaban J connectivity index is 2.22. The summed E-state index contributed by atoms with van der Waals surface area (Å²) < 4.78 is 47.3. The minimum absolute atomic E-state index is 0.00370. The largest absolute Gasteiger partial charge is 0.478 e. The quantitative estimate of drug-likeness (QED) is 0.183. The second-order valence-corrected chi connectivity index (χ2v) is 12.4. The Morgan fingerprint density at radius 1 is 0.765 bits per heavy atom. The van der Waals surface area contributed by atoms with Crippen molar-refractivity contribution in [2.45, 2.75) is 47.7 Å². The molecular formula is C20H20Cl2O10S2. The van der Waals surface area contributed by atoms with Gasteiger partial charge in [-0.05, 0) is 49.1 Å². The number of unbranched alkanes of at least 4 members (excludes halogenated alkanes) is 2. The van der Waals surface area contributed by atoms with Crippen LogP contribution < -0.4 is 0 Å². The molecule has 0 aromatic heterocycles. The second kappa shape index (κ2) is 10.6. The minimum Gasteiger partial charge on any atom is -0.478 e. The lowest BCUT2D eigenvalue weighted by Crippen LogP contribution is -2.29. The van der Waals surface area contributed by atoms with Crippen molar-refractivity contribution in [3.63, 3.8) is 0 Å². The Labute approximate surface area is 204 Å². The predicted molar refractivity (Wildman–Crippen MR) is 121 cm³/mol. The van der Waals surface area contributed by atoms with Crippen LogP contribution in [-0.2, 0) is 30.3 Å². The van der Waals surface area contributed by atoms with Crippen molar-refractivity contribution in [1.82, 2.24) is 0 Å². The number of aliphatic hydroxyl groups is 2. The highest BCUT2D eigenvalue weighted by Crippen LogP contribution is 2.35. The van der Waals surface area contributed by atoms with Gasteiger partial charge in [0, 0.05) is 33.3 Å². The van der Waals surface area contributed by atoms with Crippen LogP contribution in [0.15, 0.2) is 46.2 Å². The molecule has 10 nitrogen and oxygen atoms in total. The monoisotopic (exact) mass is 554 g/mol. The molecule has 2 aromatic rings. The summed E-state index contributed by atoms with van der Waals surface area (Å²) in [5.74, 6) is -5.80. The summed E-state index contributed by atoms with van der Waals surface area (Å²) in [4.78, 5) is 21.9. The molecule has 0 saturated heterocycles. The van der Waals surface area contributed by atoms with Gasteiger partial charge in [0.25, 0.3) is 18.1 Å².